The summed E-state index contributed by atoms with van der Waals surface area (Å²) in [5.74, 6) is 0.505. The van der Waals surface area contributed by atoms with Gasteiger partial charge in [-0.15, -0.1) is 0 Å². The standard InChI is InChI=1S/C21H24N4/c1-24-16-22-13-21(24)20-11-5-10-19(23-20)18-9-6-12-25(15-18)14-17-7-3-2-4-8-17/h2-5,7-8,10-11,13,16,18H,6,9,12,14-15H2,1H3. The van der Waals surface area contributed by atoms with Crippen molar-refractivity contribution >= 4 is 0 Å². The van der Waals surface area contributed by atoms with Crippen molar-refractivity contribution in [2.75, 3.05) is 13.1 Å². The highest BCUT2D eigenvalue weighted by molar-refractivity contribution is 5.53. The first-order chi connectivity index (χ1) is 12.3. The number of benzene rings is 1. The molecule has 3 heterocycles. The minimum atomic E-state index is 0.505. The van der Waals surface area contributed by atoms with Crippen molar-refractivity contribution < 1.29 is 0 Å². The van der Waals surface area contributed by atoms with Gasteiger partial charge >= 0.3 is 0 Å². The SMILES string of the molecule is Cn1cncc1-c1cccc(C2CCCN(Cc3ccccc3)C2)n1. The Hall–Kier alpha value is -2.46. The zero-order valence-electron chi connectivity index (χ0n) is 14.7. The van der Waals surface area contributed by atoms with Gasteiger partial charge in [0, 0.05) is 31.7 Å². The van der Waals surface area contributed by atoms with Crippen LogP contribution in [0.15, 0.2) is 61.1 Å². The molecule has 1 aromatic carbocycles. The van der Waals surface area contributed by atoms with Crippen molar-refractivity contribution in [2.24, 2.45) is 7.05 Å². The van der Waals surface area contributed by atoms with Gasteiger partial charge in [-0.25, -0.2) is 4.98 Å². The monoisotopic (exact) mass is 332 g/mol. The molecule has 2 aromatic heterocycles. The highest BCUT2D eigenvalue weighted by atomic mass is 15.1. The van der Waals surface area contributed by atoms with E-state index >= 15 is 0 Å². The number of imidazole rings is 1. The number of piperidine rings is 1. The maximum Gasteiger partial charge on any atom is 0.0948 e. The lowest BCUT2D eigenvalue weighted by Crippen LogP contribution is -2.34. The fourth-order valence-electron chi connectivity index (χ4n) is 3.71. The zero-order valence-corrected chi connectivity index (χ0v) is 14.7. The van der Waals surface area contributed by atoms with Gasteiger partial charge in [0.2, 0.25) is 0 Å². The summed E-state index contributed by atoms with van der Waals surface area (Å²) in [5, 5.41) is 0. The van der Waals surface area contributed by atoms with Crippen LogP contribution in [0.25, 0.3) is 11.4 Å². The molecule has 0 saturated carbocycles. The van der Waals surface area contributed by atoms with Gasteiger partial charge in [-0.3, -0.25) is 9.88 Å². The van der Waals surface area contributed by atoms with E-state index < -0.39 is 0 Å². The van der Waals surface area contributed by atoms with E-state index in [0.717, 1.165) is 24.5 Å². The van der Waals surface area contributed by atoms with E-state index in [9.17, 15) is 0 Å². The van der Waals surface area contributed by atoms with Crippen molar-refractivity contribution in [3.8, 4) is 11.4 Å². The van der Waals surface area contributed by atoms with E-state index in [1.807, 2.05) is 24.1 Å². The molecule has 0 aliphatic carbocycles. The van der Waals surface area contributed by atoms with Crippen molar-refractivity contribution in [1.29, 1.82) is 0 Å². The van der Waals surface area contributed by atoms with E-state index in [2.05, 4.69) is 58.4 Å². The minimum Gasteiger partial charge on any atom is -0.332 e. The number of pyridine rings is 1. The Kier molecular flexibility index (Phi) is 4.61. The second kappa shape index (κ2) is 7.19. The predicted octanol–water partition coefficient (Wildman–Crippen LogP) is 3.86. The molecule has 1 aliphatic heterocycles. The highest BCUT2D eigenvalue weighted by Crippen LogP contribution is 2.28. The van der Waals surface area contributed by atoms with Gasteiger partial charge < -0.3 is 4.57 Å². The third-order valence-electron chi connectivity index (χ3n) is 5.02. The van der Waals surface area contributed by atoms with E-state index in [0.29, 0.717) is 5.92 Å². The summed E-state index contributed by atoms with van der Waals surface area (Å²) in [4.78, 5) is 11.7. The molecule has 0 spiro atoms. The number of rotatable bonds is 4. The van der Waals surface area contributed by atoms with Crippen molar-refractivity contribution in [2.45, 2.75) is 25.3 Å². The number of nitrogens with zero attached hydrogens (tertiary/aromatic N) is 4. The fraction of sp³-hybridized carbons (Fsp3) is 0.333. The molecule has 128 valence electrons. The van der Waals surface area contributed by atoms with Crippen LogP contribution >= 0.6 is 0 Å². The second-order valence-electron chi connectivity index (χ2n) is 6.90. The van der Waals surface area contributed by atoms with E-state index in [1.54, 1.807) is 0 Å². The van der Waals surface area contributed by atoms with E-state index in [4.69, 9.17) is 4.98 Å². The van der Waals surface area contributed by atoms with Crippen LogP contribution in [0.3, 0.4) is 0 Å². The number of hydrogen-bond acceptors (Lipinski definition) is 3. The summed E-state index contributed by atoms with van der Waals surface area (Å²) in [6.45, 7) is 3.28. The Morgan fingerprint density at radius 3 is 2.76 bits per heavy atom. The maximum atomic E-state index is 4.95. The molecule has 4 nitrogen and oxygen atoms in total. The number of likely N-dealkylation sites (tertiary alicyclic amines) is 1. The zero-order chi connectivity index (χ0) is 17.1. The van der Waals surface area contributed by atoms with Gasteiger partial charge in [-0.05, 0) is 37.1 Å². The molecule has 0 bridgehead atoms. The van der Waals surface area contributed by atoms with Gasteiger partial charge in [0.25, 0.3) is 0 Å². The molecule has 1 saturated heterocycles. The molecule has 1 fully saturated rings. The van der Waals surface area contributed by atoms with Gasteiger partial charge in [0.1, 0.15) is 0 Å². The maximum absolute atomic E-state index is 4.95. The van der Waals surface area contributed by atoms with Crippen LogP contribution in [-0.2, 0) is 13.6 Å². The average molecular weight is 332 g/mol. The van der Waals surface area contributed by atoms with Crippen molar-refractivity contribution in [3.05, 3.63) is 72.3 Å². The Morgan fingerprint density at radius 2 is 1.96 bits per heavy atom. The number of aryl methyl sites for hydroxylation is 1. The van der Waals surface area contributed by atoms with Crippen LogP contribution in [0.5, 0.6) is 0 Å². The van der Waals surface area contributed by atoms with Gasteiger partial charge in [0.05, 0.1) is 23.9 Å². The van der Waals surface area contributed by atoms with E-state index in [-0.39, 0.29) is 0 Å². The van der Waals surface area contributed by atoms with Gasteiger partial charge in [-0.1, -0.05) is 36.4 Å². The van der Waals surface area contributed by atoms with Crippen LogP contribution in [0.1, 0.15) is 30.0 Å². The number of aromatic nitrogens is 3. The molecule has 25 heavy (non-hydrogen) atoms. The summed E-state index contributed by atoms with van der Waals surface area (Å²) in [5.41, 5.74) is 4.67. The van der Waals surface area contributed by atoms with Crippen LogP contribution in [0.2, 0.25) is 0 Å². The Balaban J connectivity index is 1.51. The Labute approximate surface area is 149 Å². The minimum absolute atomic E-state index is 0.505. The average Bonchev–Trinajstić information content (AvgIpc) is 3.09. The normalized spacial score (nSPS) is 18.4. The molecular formula is C21H24N4. The first-order valence-electron chi connectivity index (χ1n) is 8.99. The highest BCUT2D eigenvalue weighted by Gasteiger charge is 2.22. The van der Waals surface area contributed by atoms with Gasteiger partial charge in [0.15, 0.2) is 0 Å². The quantitative estimate of drug-likeness (QED) is 0.727. The summed E-state index contributed by atoms with van der Waals surface area (Å²) in [6, 6.07) is 17.1. The molecule has 1 aliphatic rings. The van der Waals surface area contributed by atoms with Crippen molar-refractivity contribution in [3.63, 3.8) is 0 Å². The molecule has 3 aromatic rings. The fourth-order valence-corrected chi connectivity index (χ4v) is 3.71. The Morgan fingerprint density at radius 1 is 1.08 bits per heavy atom. The molecule has 0 N–H and O–H groups in total. The van der Waals surface area contributed by atoms with Crippen LogP contribution < -0.4 is 0 Å². The first kappa shape index (κ1) is 16.0. The lowest BCUT2D eigenvalue weighted by atomic mass is 9.93. The summed E-state index contributed by atoms with van der Waals surface area (Å²) < 4.78 is 2.02. The summed E-state index contributed by atoms with van der Waals surface area (Å²) >= 11 is 0. The molecule has 0 radical (unpaired) electrons. The predicted molar refractivity (Wildman–Crippen MR) is 100 cm³/mol. The second-order valence-corrected chi connectivity index (χ2v) is 6.90. The first-order valence-corrected chi connectivity index (χ1v) is 8.99. The summed E-state index contributed by atoms with van der Waals surface area (Å²) in [7, 11) is 2.01. The smallest absolute Gasteiger partial charge is 0.0948 e. The van der Waals surface area contributed by atoms with Crippen LogP contribution in [0.4, 0.5) is 0 Å². The van der Waals surface area contributed by atoms with Gasteiger partial charge in [-0.2, -0.15) is 0 Å². The third kappa shape index (κ3) is 3.64. The van der Waals surface area contributed by atoms with Crippen molar-refractivity contribution in [1.82, 2.24) is 19.4 Å². The topological polar surface area (TPSA) is 34.0 Å². The van der Waals surface area contributed by atoms with Crippen LogP contribution in [0, 0.1) is 0 Å². The molecule has 1 unspecified atom stereocenters. The molecule has 0 amide bonds. The Bertz CT molecular complexity index is 825. The van der Waals surface area contributed by atoms with E-state index in [1.165, 1.54) is 30.6 Å². The largest absolute Gasteiger partial charge is 0.332 e. The molecular weight excluding hydrogens is 308 g/mol. The molecule has 4 rings (SSSR count). The lowest BCUT2D eigenvalue weighted by molar-refractivity contribution is 0.198. The summed E-state index contributed by atoms with van der Waals surface area (Å²) in [6.07, 6.45) is 6.16. The number of hydrogen-bond donors (Lipinski definition) is 0. The molecule has 1 atom stereocenters. The molecule has 4 heteroatoms. The third-order valence-corrected chi connectivity index (χ3v) is 5.02. The lowest BCUT2D eigenvalue weighted by Gasteiger charge is -2.32. The van der Waals surface area contributed by atoms with Crippen LogP contribution in [-0.4, -0.2) is 32.5 Å².